The van der Waals surface area contributed by atoms with Gasteiger partial charge in [-0.2, -0.15) is 0 Å². The van der Waals surface area contributed by atoms with Gasteiger partial charge in [0.05, 0.1) is 12.3 Å². The number of carboxylic acids is 1. The van der Waals surface area contributed by atoms with E-state index in [1.165, 1.54) is 0 Å². The van der Waals surface area contributed by atoms with Crippen molar-refractivity contribution < 1.29 is 19.7 Å². The molecule has 0 radical (unpaired) electrons. The Balaban J connectivity index is 2.62. The van der Waals surface area contributed by atoms with Gasteiger partial charge in [0, 0.05) is 18.8 Å². The van der Waals surface area contributed by atoms with Crippen molar-refractivity contribution in [2.24, 2.45) is 0 Å². The summed E-state index contributed by atoms with van der Waals surface area (Å²) in [7, 11) is 0. The van der Waals surface area contributed by atoms with Gasteiger partial charge in [-0.15, -0.1) is 0 Å². The van der Waals surface area contributed by atoms with Crippen molar-refractivity contribution in [1.82, 2.24) is 4.98 Å². The van der Waals surface area contributed by atoms with Crippen molar-refractivity contribution in [3.05, 3.63) is 46.1 Å². The molecule has 0 saturated heterocycles. The molecule has 2 N–H and O–H groups in total. The predicted molar refractivity (Wildman–Crippen MR) is 102 cm³/mol. The molecule has 2 rings (SSSR count). The van der Waals surface area contributed by atoms with Gasteiger partial charge >= 0.3 is 5.97 Å². The minimum atomic E-state index is -1.11. The smallest absolute Gasteiger partial charge is 0.343 e. The predicted octanol–water partition coefficient (Wildman–Crippen LogP) is 3.62. The number of hydrogen-bond acceptors (Lipinski definition) is 5. The summed E-state index contributed by atoms with van der Waals surface area (Å²) in [5.74, 6) is -0.424. The molecule has 140 valence electrons. The van der Waals surface area contributed by atoms with Crippen LogP contribution in [-0.4, -0.2) is 40.9 Å². The third-order valence-electron chi connectivity index (χ3n) is 4.20. The number of aryl methyl sites for hydroxylation is 4. The van der Waals surface area contributed by atoms with Crippen molar-refractivity contribution in [2.75, 3.05) is 24.6 Å². The second-order valence-corrected chi connectivity index (χ2v) is 6.40. The first-order chi connectivity index (χ1) is 12.3. The van der Waals surface area contributed by atoms with Crippen LogP contribution in [0.3, 0.4) is 0 Å². The summed E-state index contributed by atoms with van der Waals surface area (Å²) in [6.45, 7) is 10.4. The Morgan fingerprint density at radius 3 is 2.27 bits per heavy atom. The maximum Gasteiger partial charge on any atom is 0.343 e. The fraction of sp³-hybridized carbons (Fsp3) is 0.400. The van der Waals surface area contributed by atoms with Crippen molar-refractivity contribution >= 4 is 11.7 Å². The summed E-state index contributed by atoms with van der Waals surface area (Å²) >= 11 is 0. The lowest BCUT2D eigenvalue weighted by atomic mass is 10.1. The molecule has 0 bridgehead atoms. The third kappa shape index (κ3) is 4.14. The molecule has 6 heteroatoms. The van der Waals surface area contributed by atoms with E-state index in [4.69, 9.17) is 4.74 Å². The Bertz CT molecular complexity index is 795. The fourth-order valence-electron chi connectivity index (χ4n) is 3.15. The largest absolute Gasteiger partial charge is 0.477 e. The molecule has 0 aliphatic heterocycles. The van der Waals surface area contributed by atoms with Crippen molar-refractivity contribution in [1.29, 1.82) is 0 Å². The Morgan fingerprint density at radius 2 is 1.77 bits per heavy atom. The van der Waals surface area contributed by atoms with Crippen LogP contribution in [0.5, 0.6) is 11.6 Å². The quantitative estimate of drug-likeness (QED) is 0.786. The number of aliphatic hydroxyl groups excluding tert-OH is 1. The average Bonchev–Trinajstić information content (AvgIpc) is 2.54. The maximum absolute atomic E-state index is 12.0. The Labute approximate surface area is 154 Å². The van der Waals surface area contributed by atoms with Gasteiger partial charge in [0.25, 0.3) is 0 Å². The molecule has 0 spiro atoms. The molecule has 0 saturated carbocycles. The molecule has 1 aromatic heterocycles. The number of pyridine rings is 1. The highest BCUT2D eigenvalue weighted by Crippen LogP contribution is 2.35. The van der Waals surface area contributed by atoms with Crippen LogP contribution < -0.4 is 9.64 Å². The monoisotopic (exact) mass is 358 g/mol. The van der Waals surface area contributed by atoms with Crippen LogP contribution in [0.4, 0.5) is 5.69 Å². The number of carboxylic acid groups (broad SMARTS) is 1. The first-order valence-corrected chi connectivity index (χ1v) is 8.64. The topological polar surface area (TPSA) is 82.9 Å². The van der Waals surface area contributed by atoms with Crippen molar-refractivity contribution in [3.63, 3.8) is 0 Å². The van der Waals surface area contributed by atoms with Crippen LogP contribution in [0.25, 0.3) is 0 Å². The summed E-state index contributed by atoms with van der Waals surface area (Å²) in [5, 5.41) is 19.1. The van der Waals surface area contributed by atoms with Gasteiger partial charge < -0.3 is 19.8 Å². The van der Waals surface area contributed by atoms with Gasteiger partial charge in [-0.3, -0.25) is 0 Å². The van der Waals surface area contributed by atoms with E-state index in [0.717, 1.165) is 16.7 Å². The number of likely N-dealkylation sites (N-methyl/N-ethyl adjacent to an activating group) is 1. The number of hydrogen-bond donors (Lipinski definition) is 2. The van der Waals surface area contributed by atoms with E-state index in [0.29, 0.717) is 30.2 Å². The van der Waals surface area contributed by atoms with E-state index in [9.17, 15) is 15.0 Å². The highest BCUT2D eigenvalue weighted by atomic mass is 16.5. The highest BCUT2D eigenvalue weighted by molar-refractivity contribution is 5.97. The summed E-state index contributed by atoms with van der Waals surface area (Å²) in [4.78, 5) is 18.1. The lowest BCUT2D eigenvalue weighted by Gasteiger charge is -2.25. The first-order valence-electron chi connectivity index (χ1n) is 8.64. The number of nitrogens with zero attached hydrogens (tertiary/aromatic N) is 2. The van der Waals surface area contributed by atoms with E-state index in [-0.39, 0.29) is 18.1 Å². The maximum atomic E-state index is 12.0. The van der Waals surface area contributed by atoms with E-state index in [1.54, 1.807) is 17.9 Å². The molecule has 0 aliphatic carbocycles. The number of aliphatic hydroxyl groups is 1. The van der Waals surface area contributed by atoms with Gasteiger partial charge in [-0.05, 0) is 51.8 Å². The second-order valence-electron chi connectivity index (χ2n) is 6.40. The summed E-state index contributed by atoms with van der Waals surface area (Å²) in [6, 6.07) is 5.69. The van der Waals surface area contributed by atoms with E-state index < -0.39 is 5.97 Å². The minimum absolute atomic E-state index is 0.00488. The van der Waals surface area contributed by atoms with Crippen LogP contribution >= 0.6 is 0 Å². The van der Waals surface area contributed by atoms with Gasteiger partial charge in [0.2, 0.25) is 5.88 Å². The lowest BCUT2D eigenvalue weighted by Crippen LogP contribution is -2.28. The van der Waals surface area contributed by atoms with Crippen LogP contribution in [0.2, 0.25) is 0 Å². The molecule has 0 fully saturated rings. The minimum Gasteiger partial charge on any atom is -0.477 e. The number of carbonyl (C=O) groups is 1. The van der Waals surface area contributed by atoms with E-state index >= 15 is 0 Å². The van der Waals surface area contributed by atoms with Crippen molar-refractivity contribution in [3.8, 4) is 11.6 Å². The summed E-state index contributed by atoms with van der Waals surface area (Å²) < 4.78 is 6.00. The molecule has 1 aromatic carbocycles. The molecule has 0 amide bonds. The van der Waals surface area contributed by atoms with Gasteiger partial charge in [0.1, 0.15) is 11.3 Å². The number of aromatic nitrogens is 1. The number of anilines is 1. The van der Waals surface area contributed by atoms with Crippen LogP contribution in [0.1, 0.15) is 39.7 Å². The zero-order chi connectivity index (χ0) is 19.4. The lowest BCUT2D eigenvalue weighted by molar-refractivity contribution is 0.0694. The molecular weight excluding hydrogens is 332 g/mol. The highest BCUT2D eigenvalue weighted by Gasteiger charge is 2.24. The van der Waals surface area contributed by atoms with Crippen molar-refractivity contribution in [2.45, 2.75) is 34.6 Å². The van der Waals surface area contributed by atoms with Gasteiger partial charge in [0.15, 0.2) is 0 Å². The molecular formula is C20H26N2O4. The molecule has 2 aromatic rings. The zero-order valence-corrected chi connectivity index (χ0v) is 16.0. The number of rotatable bonds is 7. The zero-order valence-electron chi connectivity index (χ0n) is 16.0. The molecule has 1 heterocycles. The molecule has 0 aliphatic rings. The van der Waals surface area contributed by atoms with Crippen LogP contribution in [-0.2, 0) is 0 Å². The van der Waals surface area contributed by atoms with Gasteiger partial charge in [-0.25, -0.2) is 9.78 Å². The molecule has 0 unspecified atom stereocenters. The Morgan fingerprint density at radius 1 is 1.15 bits per heavy atom. The molecule has 6 nitrogen and oxygen atoms in total. The van der Waals surface area contributed by atoms with E-state index in [2.05, 4.69) is 4.98 Å². The molecule has 0 atom stereocenters. The van der Waals surface area contributed by atoms with E-state index in [1.807, 2.05) is 39.8 Å². The summed E-state index contributed by atoms with van der Waals surface area (Å²) in [6.07, 6.45) is 0. The summed E-state index contributed by atoms with van der Waals surface area (Å²) in [5.41, 5.74) is 4.12. The first kappa shape index (κ1) is 19.7. The average molecular weight is 358 g/mol. The normalized spacial score (nSPS) is 10.7. The third-order valence-corrected chi connectivity index (χ3v) is 4.20. The Kier molecular flexibility index (Phi) is 6.21. The number of aromatic carboxylic acids is 1. The SMILES string of the molecule is CCN(CCO)c1cc(C)nc(Oc2c(C)cc(C)cc2C)c1C(=O)O. The van der Waals surface area contributed by atoms with Gasteiger partial charge in [-0.1, -0.05) is 17.7 Å². The number of benzene rings is 1. The standard InChI is InChI=1S/C20H26N2O4/c1-6-22(7-8-23)16-11-15(5)21-19(17(16)20(24)25)26-18-13(3)9-12(2)10-14(18)4/h9-11,23H,6-8H2,1-5H3,(H,24,25). The van der Waals surface area contributed by atoms with Crippen LogP contribution in [0, 0.1) is 27.7 Å². The number of ether oxygens (including phenoxy) is 1. The Hall–Kier alpha value is -2.60. The fourth-order valence-corrected chi connectivity index (χ4v) is 3.15. The second kappa shape index (κ2) is 8.19. The molecule has 26 heavy (non-hydrogen) atoms. The van der Waals surface area contributed by atoms with Crippen LogP contribution in [0.15, 0.2) is 18.2 Å².